The highest BCUT2D eigenvalue weighted by Gasteiger charge is 2.45. The lowest BCUT2D eigenvalue weighted by Crippen LogP contribution is -2.54. The van der Waals surface area contributed by atoms with Gasteiger partial charge in [-0.25, -0.2) is 9.97 Å². The largest absolute Gasteiger partial charge is 0.487 e. The van der Waals surface area contributed by atoms with E-state index in [9.17, 15) is 24.4 Å². The number of aromatic nitrogens is 2. The Bertz CT molecular complexity index is 2460. The number of rotatable bonds is 11. The molecule has 1 aromatic heterocycles. The topological polar surface area (TPSA) is 155 Å². The van der Waals surface area contributed by atoms with E-state index in [1.807, 2.05) is 48.7 Å². The number of carbonyl (C=O) groups excluding carboxylic acids is 4. The molecule has 9 rings (SSSR count). The summed E-state index contributed by atoms with van der Waals surface area (Å²) < 4.78 is 6.16. The van der Waals surface area contributed by atoms with E-state index in [1.54, 1.807) is 12.1 Å². The molecule has 14 nitrogen and oxygen atoms in total. The summed E-state index contributed by atoms with van der Waals surface area (Å²) in [5.74, 6) is 0.139. The molecule has 0 aliphatic carbocycles. The first-order valence-electron chi connectivity index (χ1n) is 22.0. The van der Waals surface area contributed by atoms with Crippen LogP contribution < -0.4 is 19.9 Å². The van der Waals surface area contributed by atoms with Crippen LogP contribution in [0.25, 0.3) is 0 Å². The molecule has 3 atom stereocenters. The first kappa shape index (κ1) is 42.4. The highest BCUT2D eigenvalue weighted by molar-refractivity contribution is 6.30. The van der Waals surface area contributed by atoms with Crippen molar-refractivity contribution in [3.05, 3.63) is 111 Å². The van der Waals surface area contributed by atoms with Crippen molar-refractivity contribution in [3.63, 3.8) is 0 Å². The summed E-state index contributed by atoms with van der Waals surface area (Å²) in [4.78, 5) is 71.3. The van der Waals surface area contributed by atoms with Gasteiger partial charge in [-0.3, -0.25) is 39.2 Å². The number of halogens is 1. The van der Waals surface area contributed by atoms with Gasteiger partial charge < -0.3 is 14.5 Å². The molecular formula is C48H52ClN9O5. The molecule has 5 aliphatic heterocycles. The smallest absolute Gasteiger partial charge is 0.262 e. The SMILES string of the molecule is CC(C)(c1ccc(OCc2ccnc(N3CCN(CC4CCN(C5CCCN(c6ccc7c(c6)C(=O)N(C6CCC(=O)NC6=O)C7=O)C5)C4)CC3)n2)cc1)c1cc(Cl)cc(C#N)c1. The number of hydrogen-bond acceptors (Lipinski definition) is 12. The van der Waals surface area contributed by atoms with Crippen LogP contribution in [0.5, 0.6) is 5.75 Å². The Morgan fingerprint density at radius 2 is 1.63 bits per heavy atom. The third kappa shape index (κ3) is 8.87. The van der Waals surface area contributed by atoms with E-state index in [1.165, 1.54) is 6.42 Å². The van der Waals surface area contributed by atoms with Gasteiger partial charge in [0, 0.05) is 87.1 Å². The zero-order chi connectivity index (χ0) is 43.8. The number of nitrogens with zero attached hydrogens (tertiary/aromatic N) is 8. The molecule has 0 bridgehead atoms. The maximum atomic E-state index is 13.5. The van der Waals surface area contributed by atoms with Crippen molar-refractivity contribution < 1.29 is 23.9 Å². The Morgan fingerprint density at radius 3 is 2.41 bits per heavy atom. The van der Waals surface area contributed by atoms with Gasteiger partial charge in [-0.1, -0.05) is 37.6 Å². The first-order chi connectivity index (χ1) is 30.4. The molecular weight excluding hydrogens is 818 g/mol. The average molecular weight is 870 g/mol. The normalized spacial score (nSPS) is 22.3. The molecule has 0 radical (unpaired) electrons. The van der Waals surface area contributed by atoms with Crippen LogP contribution in [0.15, 0.2) is 72.9 Å². The lowest BCUT2D eigenvalue weighted by molar-refractivity contribution is -0.136. The van der Waals surface area contributed by atoms with E-state index < -0.39 is 23.8 Å². The van der Waals surface area contributed by atoms with E-state index in [0.29, 0.717) is 40.3 Å². The number of piperidine rings is 2. The fourth-order valence-electron chi connectivity index (χ4n) is 9.91. The molecule has 0 saturated carbocycles. The van der Waals surface area contributed by atoms with Gasteiger partial charge in [0.25, 0.3) is 11.8 Å². The molecule has 1 N–H and O–H groups in total. The number of imide groups is 2. The summed E-state index contributed by atoms with van der Waals surface area (Å²) in [6.07, 6.45) is 5.38. The van der Waals surface area contributed by atoms with E-state index in [2.05, 4.69) is 61.9 Å². The van der Waals surface area contributed by atoms with Crippen molar-refractivity contribution in [3.8, 4) is 11.8 Å². The second-order valence-corrected chi connectivity index (χ2v) is 18.4. The summed E-state index contributed by atoms with van der Waals surface area (Å²) in [6, 6.07) is 22.5. The first-order valence-corrected chi connectivity index (χ1v) is 22.4. The number of nitrogens with one attached hydrogen (secondary N) is 1. The number of amides is 4. The van der Waals surface area contributed by atoms with Crippen LogP contribution in [-0.2, 0) is 21.6 Å². The van der Waals surface area contributed by atoms with E-state index in [4.69, 9.17) is 21.3 Å². The number of benzene rings is 3. The Labute approximate surface area is 372 Å². The number of hydrogen-bond donors (Lipinski definition) is 1. The third-order valence-corrected chi connectivity index (χ3v) is 13.8. The standard InChI is InChI=1S/C48H52ClN9O5/c1-48(2,34-22-32(26-50)23-35(49)24-34)33-5-8-39(9-6-33)63-30-36-13-15-51-47(52-36)55-20-18-54(19-21-55)27-31-14-17-57(28-31)38-4-3-16-56(29-38)37-7-10-40-41(25-37)46(62)58(45(40)61)42-11-12-43(59)53-44(42)60/h5-10,13,15,22-25,31,38,42H,3-4,11-12,14,16-21,27-30H2,1-2H3,(H,53,59,60). The van der Waals surface area contributed by atoms with Crippen LogP contribution in [0.2, 0.25) is 5.02 Å². The molecule has 4 fully saturated rings. The van der Waals surface area contributed by atoms with Crippen molar-refractivity contribution in [2.24, 2.45) is 5.92 Å². The zero-order valence-corrected chi connectivity index (χ0v) is 36.5. The highest BCUT2D eigenvalue weighted by atomic mass is 35.5. The van der Waals surface area contributed by atoms with Crippen molar-refractivity contribution in [1.82, 2.24) is 30.0 Å². The monoisotopic (exact) mass is 869 g/mol. The molecule has 63 heavy (non-hydrogen) atoms. The van der Waals surface area contributed by atoms with Gasteiger partial charge in [-0.15, -0.1) is 0 Å². The predicted molar refractivity (Wildman–Crippen MR) is 238 cm³/mol. The molecule has 0 spiro atoms. The van der Waals surface area contributed by atoms with Crippen LogP contribution in [0.4, 0.5) is 11.6 Å². The summed E-state index contributed by atoms with van der Waals surface area (Å²) >= 11 is 6.31. The van der Waals surface area contributed by atoms with Crippen LogP contribution in [0, 0.1) is 17.2 Å². The van der Waals surface area contributed by atoms with E-state index in [-0.39, 0.29) is 24.2 Å². The van der Waals surface area contributed by atoms with Gasteiger partial charge in [0.1, 0.15) is 18.4 Å². The highest BCUT2D eigenvalue weighted by Crippen LogP contribution is 2.36. The maximum Gasteiger partial charge on any atom is 0.262 e. The molecule has 4 amide bonds. The number of piperazine rings is 1. The summed E-state index contributed by atoms with van der Waals surface area (Å²) in [5, 5.41) is 12.2. The molecule has 4 aromatic rings. The molecule has 326 valence electrons. The number of anilines is 2. The molecule has 5 aliphatic rings. The Hall–Kier alpha value is -5.88. The fraction of sp³-hybridized carbons (Fsp3) is 0.438. The quantitative estimate of drug-likeness (QED) is 0.192. The second-order valence-electron chi connectivity index (χ2n) is 18.0. The van der Waals surface area contributed by atoms with Gasteiger partial charge >= 0.3 is 0 Å². The number of fused-ring (bicyclic) bond motifs is 1. The second kappa shape index (κ2) is 17.7. The zero-order valence-electron chi connectivity index (χ0n) is 35.8. The molecule has 6 heterocycles. The molecule has 15 heteroatoms. The van der Waals surface area contributed by atoms with Gasteiger partial charge in [0.05, 0.1) is 28.5 Å². The van der Waals surface area contributed by atoms with Gasteiger partial charge in [-0.2, -0.15) is 5.26 Å². The van der Waals surface area contributed by atoms with Crippen molar-refractivity contribution >= 4 is 46.9 Å². The van der Waals surface area contributed by atoms with Crippen molar-refractivity contribution in [2.45, 2.75) is 70.1 Å². The predicted octanol–water partition coefficient (Wildman–Crippen LogP) is 5.42. The molecule has 3 aromatic carbocycles. The number of ether oxygens (including phenoxy) is 1. The molecule has 3 unspecified atom stereocenters. The fourth-order valence-corrected chi connectivity index (χ4v) is 10.1. The van der Waals surface area contributed by atoms with E-state index in [0.717, 1.165) is 111 Å². The lowest BCUT2D eigenvalue weighted by atomic mass is 9.78. The Kier molecular flexibility index (Phi) is 11.9. The maximum absolute atomic E-state index is 13.5. The minimum Gasteiger partial charge on any atom is -0.487 e. The van der Waals surface area contributed by atoms with Crippen LogP contribution in [0.1, 0.15) is 89.1 Å². The summed E-state index contributed by atoms with van der Waals surface area (Å²) in [6.45, 7) is 13.1. The van der Waals surface area contributed by atoms with Crippen LogP contribution in [-0.4, -0.2) is 119 Å². The minimum absolute atomic E-state index is 0.0969. The van der Waals surface area contributed by atoms with Crippen molar-refractivity contribution in [2.75, 3.05) is 68.7 Å². The van der Waals surface area contributed by atoms with E-state index >= 15 is 0 Å². The van der Waals surface area contributed by atoms with Crippen LogP contribution in [0.3, 0.4) is 0 Å². The lowest BCUT2D eigenvalue weighted by Gasteiger charge is -2.39. The summed E-state index contributed by atoms with van der Waals surface area (Å²) in [7, 11) is 0. The number of nitriles is 1. The number of carbonyl (C=O) groups is 4. The Morgan fingerprint density at radius 1 is 0.841 bits per heavy atom. The van der Waals surface area contributed by atoms with Gasteiger partial charge in [-0.05, 0) is 104 Å². The van der Waals surface area contributed by atoms with Crippen LogP contribution >= 0.6 is 11.6 Å². The van der Waals surface area contributed by atoms with Gasteiger partial charge in [0.2, 0.25) is 17.8 Å². The Balaban J connectivity index is 0.735. The van der Waals surface area contributed by atoms with Crippen molar-refractivity contribution in [1.29, 1.82) is 5.26 Å². The van der Waals surface area contributed by atoms with Gasteiger partial charge in [0.15, 0.2) is 0 Å². The number of likely N-dealkylation sites (tertiary alicyclic amines) is 1. The average Bonchev–Trinajstić information content (AvgIpc) is 3.86. The minimum atomic E-state index is -0.970. The third-order valence-electron chi connectivity index (χ3n) is 13.6. The molecule has 4 saturated heterocycles. The summed E-state index contributed by atoms with van der Waals surface area (Å²) in [5.41, 5.74) is 4.62.